The third-order valence-corrected chi connectivity index (χ3v) is 7.68. The number of hydrogen-bond donors (Lipinski definition) is 1. The van der Waals surface area contributed by atoms with Gasteiger partial charge in [-0.1, -0.05) is 77.3 Å². The summed E-state index contributed by atoms with van der Waals surface area (Å²) in [5.74, 6) is 0.748. The zero-order valence-electron chi connectivity index (χ0n) is 24.7. The lowest BCUT2D eigenvalue weighted by Gasteiger charge is -2.24. The molecule has 3 unspecified atom stereocenters. The van der Waals surface area contributed by atoms with Gasteiger partial charge in [-0.05, 0) is 70.3 Å². The molecular formula is C30H54NO6P. The molecule has 0 fully saturated rings. The van der Waals surface area contributed by atoms with E-state index in [9.17, 15) is 14.3 Å². The minimum atomic E-state index is -4.20. The molecule has 8 heteroatoms. The van der Waals surface area contributed by atoms with E-state index >= 15 is 0 Å². The molecule has 0 amide bonds. The maximum Gasteiger partial charge on any atom is 0.472 e. The van der Waals surface area contributed by atoms with Gasteiger partial charge in [0, 0.05) is 13.0 Å². The van der Waals surface area contributed by atoms with Crippen molar-refractivity contribution in [3.8, 4) is 5.75 Å². The highest BCUT2D eigenvalue weighted by molar-refractivity contribution is 7.47. The Bertz CT molecular complexity index is 785. The van der Waals surface area contributed by atoms with Crippen LogP contribution in [0.2, 0.25) is 0 Å². The summed E-state index contributed by atoms with van der Waals surface area (Å²) < 4.78 is 29.0. The number of ether oxygens (including phenoxy) is 1. The molecule has 0 spiro atoms. The monoisotopic (exact) mass is 555 g/mol. The smallest absolute Gasteiger partial charge is 0.472 e. The molecule has 0 radical (unpaired) electrons. The van der Waals surface area contributed by atoms with E-state index in [0.29, 0.717) is 25.8 Å². The third kappa shape index (κ3) is 18.1. The van der Waals surface area contributed by atoms with Crippen LogP contribution in [0.15, 0.2) is 24.3 Å². The molecule has 38 heavy (non-hydrogen) atoms. The van der Waals surface area contributed by atoms with Gasteiger partial charge in [0.2, 0.25) is 0 Å². The fourth-order valence-electron chi connectivity index (χ4n) is 4.44. The summed E-state index contributed by atoms with van der Waals surface area (Å²) in [7, 11) is -0.434. The standard InChI is InChI=1S/C30H54NO6P/c1-6-8-9-10-11-12-13-14-15-22-35-30-20-18-27(19-21-30)16-17-28(23-26(3)32)25-36-38(33,34)37-29(7-2)24-31(4)5/h18-21,28-29H,6-17,22-25H2,1-5H3,(H,33,34). The summed E-state index contributed by atoms with van der Waals surface area (Å²) in [5, 5.41) is 0. The number of likely N-dealkylation sites (N-methyl/N-ethyl adjacent to an activating group) is 1. The van der Waals surface area contributed by atoms with Crippen LogP contribution in [0.4, 0.5) is 0 Å². The summed E-state index contributed by atoms with van der Waals surface area (Å²) >= 11 is 0. The number of carbonyl (C=O) groups is 1. The van der Waals surface area contributed by atoms with Crippen molar-refractivity contribution in [2.24, 2.45) is 5.92 Å². The number of Topliss-reactive ketones (excluding diaryl/α,β-unsaturated/α-hetero) is 1. The van der Waals surface area contributed by atoms with E-state index in [1.807, 2.05) is 50.2 Å². The van der Waals surface area contributed by atoms with Crippen LogP contribution in [0.5, 0.6) is 5.75 Å². The van der Waals surface area contributed by atoms with E-state index in [4.69, 9.17) is 13.8 Å². The molecule has 0 aromatic heterocycles. The van der Waals surface area contributed by atoms with Gasteiger partial charge < -0.3 is 19.3 Å². The van der Waals surface area contributed by atoms with E-state index in [1.165, 1.54) is 58.3 Å². The van der Waals surface area contributed by atoms with Crippen molar-refractivity contribution >= 4 is 13.6 Å². The van der Waals surface area contributed by atoms with Crippen LogP contribution in [0, 0.1) is 5.92 Å². The Hall–Kier alpha value is -1.24. The van der Waals surface area contributed by atoms with Crippen LogP contribution in [0.1, 0.15) is 103 Å². The van der Waals surface area contributed by atoms with Gasteiger partial charge in [0.05, 0.1) is 19.3 Å². The highest BCUT2D eigenvalue weighted by atomic mass is 31.2. The normalized spacial score (nSPS) is 14.8. The maximum absolute atomic E-state index is 12.5. The lowest BCUT2D eigenvalue weighted by atomic mass is 9.96. The minimum Gasteiger partial charge on any atom is -0.494 e. The highest BCUT2D eigenvalue weighted by Gasteiger charge is 2.28. The van der Waals surface area contributed by atoms with Crippen LogP contribution in [0.3, 0.4) is 0 Å². The molecule has 0 bridgehead atoms. The maximum atomic E-state index is 12.5. The predicted molar refractivity (Wildman–Crippen MR) is 156 cm³/mol. The molecule has 220 valence electrons. The average molecular weight is 556 g/mol. The van der Waals surface area contributed by atoms with E-state index in [2.05, 4.69) is 6.92 Å². The van der Waals surface area contributed by atoms with Crippen LogP contribution < -0.4 is 4.74 Å². The molecule has 1 N–H and O–H groups in total. The van der Waals surface area contributed by atoms with Gasteiger partial charge in [0.15, 0.2) is 0 Å². The van der Waals surface area contributed by atoms with Gasteiger partial charge in [-0.2, -0.15) is 0 Å². The number of rotatable bonds is 24. The number of benzene rings is 1. The fraction of sp³-hybridized carbons (Fsp3) is 0.767. The highest BCUT2D eigenvalue weighted by Crippen LogP contribution is 2.45. The second kappa shape index (κ2) is 20.6. The summed E-state index contributed by atoms with van der Waals surface area (Å²) in [6.45, 7) is 6.96. The van der Waals surface area contributed by atoms with Crippen molar-refractivity contribution in [2.75, 3.05) is 33.9 Å². The van der Waals surface area contributed by atoms with Gasteiger partial charge in [-0.3, -0.25) is 9.05 Å². The predicted octanol–water partition coefficient (Wildman–Crippen LogP) is 7.60. The molecule has 1 aromatic rings. The molecule has 0 aliphatic rings. The molecule has 1 aromatic carbocycles. The van der Waals surface area contributed by atoms with Crippen molar-refractivity contribution < 1.29 is 28.0 Å². The number of carbonyl (C=O) groups excluding carboxylic acids is 1. The second-order valence-electron chi connectivity index (χ2n) is 10.8. The van der Waals surface area contributed by atoms with Gasteiger partial charge in [0.1, 0.15) is 11.5 Å². The number of ketones is 1. The van der Waals surface area contributed by atoms with Crippen molar-refractivity contribution in [2.45, 2.75) is 110 Å². The van der Waals surface area contributed by atoms with E-state index in [-0.39, 0.29) is 18.3 Å². The van der Waals surface area contributed by atoms with E-state index < -0.39 is 13.9 Å². The van der Waals surface area contributed by atoms with Crippen molar-refractivity contribution in [1.29, 1.82) is 0 Å². The first-order chi connectivity index (χ1) is 18.1. The molecule has 0 heterocycles. The SMILES string of the molecule is CCCCCCCCCCCOc1ccc(CCC(COP(=O)(O)OC(CC)CN(C)C)CC(C)=O)cc1. The first-order valence-corrected chi connectivity index (χ1v) is 16.2. The molecule has 1 rings (SSSR count). The van der Waals surface area contributed by atoms with Crippen LogP contribution in [-0.2, 0) is 24.8 Å². The number of hydrogen-bond acceptors (Lipinski definition) is 6. The molecule has 0 saturated carbocycles. The van der Waals surface area contributed by atoms with E-state index in [0.717, 1.165) is 30.8 Å². The molecule has 0 saturated heterocycles. The van der Waals surface area contributed by atoms with Crippen LogP contribution in [0.25, 0.3) is 0 Å². The Morgan fingerprint density at radius 1 is 0.974 bits per heavy atom. The zero-order chi connectivity index (χ0) is 28.2. The Labute approximate surface area is 232 Å². The van der Waals surface area contributed by atoms with Crippen LogP contribution in [-0.4, -0.2) is 55.5 Å². The summed E-state index contributed by atoms with van der Waals surface area (Å²) in [4.78, 5) is 23.9. The number of phosphoric ester groups is 1. The second-order valence-corrected chi connectivity index (χ2v) is 12.2. The zero-order valence-corrected chi connectivity index (χ0v) is 25.6. The molecular weight excluding hydrogens is 501 g/mol. The molecule has 3 atom stereocenters. The summed E-state index contributed by atoms with van der Waals surface area (Å²) in [6.07, 6.45) is 13.6. The Morgan fingerprint density at radius 3 is 2.13 bits per heavy atom. The Morgan fingerprint density at radius 2 is 1.58 bits per heavy atom. The summed E-state index contributed by atoms with van der Waals surface area (Å²) in [5.41, 5.74) is 1.13. The largest absolute Gasteiger partial charge is 0.494 e. The molecule has 7 nitrogen and oxygen atoms in total. The number of phosphoric acid groups is 1. The average Bonchev–Trinajstić information content (AvgIpc) is 2.86. The molecule has 0 aliphatic heterocycles. The first-order valence-electron chi connectivity index (χ1n) is 14.7. The fourth-order valence-corrected chi connectivity index (χ4v) is 5.49. The third-order valence-electron chi connectivity index (χ3n) is 6.64. The Kier molecular flexibility index (Phi) is 18.9. The van der Waals surface area contributed by atoms with Crippen molar-refractivity contribution in [1.82, 2.24) is 4.90 Å². The quantitative estimate of drug-likeness (QED) is 0.104. The number of unbranched alkanes of at least 4 members (excludes halogenated alkanes) is 8. The Balaban J connectivity index is 2.38. The van der Waals surface area contributed by atoms with Gasteiger partial charge in [-0.25, -0.2) is 4.57 Å². The molecule has 0 aliphatic carbocycles. The first kappa shape index (κ1) is 34.8. The van der Waals surface area contributed by atoms with E-state index in [1.54, 1.807) is 0 Å². The lowest BCUT2D eigenvalue weighted by molar-refractivity contribution is -0.118. The van der Waals surface area contributed by atoms with Gasteiger partial charge >= 0.3 is 7.82 Å². The topological polar surface area (TPSA) is 85.3 Å². The minimum absolute atomic E-state index is 0.00565. The van der Waals surface area contributed by atoms with Crippen molar-refractivity contribution in [3.05, 3.63) is 29.8 Å². The van der Waals surface area contributed by atoms with Gasteiger partial charge in [0.25, 0.3) is 0 Å². The lowest BCUT2D eigenvalue weighted by Crippen LogP contribution is -2.27. The number of nitrogens with zero attached hydrogens (tertiary/aromatic N) is 1. The van der Waals surface area contributed by atoms with Crippen molar-refractivity contribution in [3.63, 3.8) is 0 Å². The van der Waals surface area contributed by atoms with Gasteiger partial charge in [-0.15, -0.1) is 0 Å². The summed E-state index contributed by atoms with van der Waals surface area (Å²) in [6, 6.07) is 8.07. The number of aryl methyl sites for hydroxylation is 1. The van der Waals surface area contributed by atoms with Crippen LogP contribution >= 0.6 is 7.82 Å².